The highest BCUT2D eigenvalue weighted by Crippen LogP contribution is 2.35. The Morgan fingerprint density at radius 1 is 0.486 bits per heavy atom. The molecule has 0 bridgehead atoms. The van der Waals surface area contributed by atoms with Gasteiger partial charge in [0.1, 0.15) is 11.5 Å². The number of nitrogens with two attached hydrogens (primary N) is 2. The molecule has 4 heteroatoms. The van der Waals surface area contributed by atoms with Gasteiger partial charge in [0.2, 0.25) is 0 Å². The zero-order valence-electron chi connectivity index (χ0n) is 20.5. The molecule has 0 unspecified atom stereocenters. The predicted molar refractivity (Wildman–Crippen MR) is 143 cm³/mol. The minimum atomic E-state index is 0.241. The van der Waals surface area contributed by atoms with Crippen LogP contribution in [0.1, 0.15) is 55.6 Å². The van der Waals surface area contributed by atoms with Gasteiger partial charge in [0, 0.05) is 30.6 Å². The third-order valence-electron chi connectivity index (χ3n) is 7.05. The van der Waals surface area contributed by atoms with Gasteiger partial charge in [0.05, 0.1) is 0 Å². The van der Waals surface area contributed by atoms with Crippen LogP contribution < -0.4 is 11.5 Å². The van der Waals surface area contributed by atoms with Crippen molar-refractivity contribution >= 4 is 0 Å². The van der Waals surface area contributed by atoms with Crippen LogP contribution in [0.2, 0.25) is 0 Å². The van der Waals surface area contributed by atoms with Crippen molar-refractivity contribution in [3.8, 4) is 11.5 Å². The monoisotopic (exact) mass is 466 g/mol. The van der Waals surface area contributed by atoms with E-state index in [0.29, 0.717) is 32.4 Å². The molecule has 0 heterocycles. The van der Waals surface area contributed by atoms with Crippen LogP contribution in [0.25, 0.3) is 0 Å². The molecule has 0 aliphatic heterocycles. The minimum absolute atomic E-state index is 0.241. The molecule has 4 rings (SSSR count). The molecule has 4 nitrogen and oxygen atoms in total. The third kappa shape index (κ3) is 5.24. The first-order valence-electron chi connectivity index (χ1n) is 12.1. The summed E-state index contributed by atoms with van der Waals surface area (Å²) in [5.74, 6) is 0.482. The van der Waals surface area contributed by atoms with Crippen LogP contribution >= 0.6 is 0 Å². The number of benzene rings is 4. The van der Waals surface area contributed by atoms with Gasteiger partial charge < -0.3 is 21.7 Å². The summed E-state index contributed by atoms with van der Waals surface area (Å²) in [6, 6.07) is 23.7. The SMILES string of the molecule is Cc1ccc(O)c(Cc2c(O)ccc(C)c2Cc2ccccc2CN)c1Cc1ccccc1CN. The molecule has 0 aliphatic rings. The summed E-state index contributed by atoms with van der Waals surface area (Å²) in [7, 11) is 0. The summed E-state index contributed by atoms with van der Waals surface area (Å²) >= 11 is 0. The third-order valence-corrected chi connectivity index (χ3v) is 7.05. The smallest absolute Gasteiger partial charge is 0.119 e. The molecule has 4 aromatic rings. The van der Waals surface area contributed by atoms with Gasteiger partial charge in [-0.3, -0.25) is 0 Å². The van der Waals surface area contributed by atoms with Gasteiger partial charge in [0.25, 0.3) is 0 Å². The molecule has 0 aromatic heterocycles. The lowest BCUT2D eigenvalue weighted by Gasteiger charge is -2.20. The first-order chi connectivity index (χ1) is 16.9. The second-order valence-corrected chi connectivity index (χ2v) is 9.19. The maximum atomic E-state index is 11.0. The number of hydrogen-bond donors (Lipinski definition) is 4. The van der Waals surface area contributed by atoms with E-state index in [2.05, 4.69) is 26.0 Å². The zero-order chi connectivity index (χ0) is 24.9. The zero-order valence-corrected chi connectivity index (χ0v) is 20.5. The predicted octanol–water partition coefficient (Wildman–Crippen LogP) is 5.40. The molecule has 4 aromatic carbocycles. The Hall–Kier alpha value is -3.60. The van der Waals surface area contributed by atoms with Gasteiger partial charge in [-0.1, -0.05) is 60.7 Å². The maximum Gasteiger partial charge on any atom is 0.119 e. The molecule has 0 radical (unpaired) electrons. The Labute approximate surface area is 207 Å². The lowest BCUT2D eigenvalue weighted by molar-refractivity contribution is 0.461. The van der Waals surface area contributed by atoms with E-state index >= 15 is 0 Å². The fourth-order valence-electron chi connectivity index (χ4n) is 4.90. The van der Waals surface area contributed by atoms with Crippen molar-refractivity contribution in [2.45, 2.75) is 46.2 Å². The normalized spacial score (nSPS) is 11.1. The van der Waals surface area contributed by atoms with E-state index in [0.717, 1.165) is 55.6 Å². The summed E-state index contributed by atoms with van der Waals surface area (Å²) in [5.41, 5.74) is 22.5. The lowest BCUT2D eigenvalue weighted by atomic mass is 9.86. The summed E-state index contributed by atoms with van der Waals surface area (Å²) in [4.78, 5) is 0. The molecule has 35 heavy (non-hydrogen) atoms. The van der Waals surface area contributed by atoms with Crippen molar-refractivity contribution in [2.75, 3.05) is 0 Å². The lowest BCUT2D eigenvalue weighted by Crippen LogP contribution is -2.08. The van der Waals surface area contributed by atoms with Crippen LogP contribution in [0.4, 0.5) is 0 Å². The molecule has 0 aliphatic carbocycles. The van der Waals surface area contributed by atoms with Crippen LogP contribution in [0.15, 0.2) is 72.8 Å². The van der Waals surface area contributed by atoms with E-state index in [4.69, 9.17) is 11.5 Å². The molecule has 180 valence electrons. The van der Waals surface area contributed by atoms with Crippen LogP contribution in [0, 0.1) is 13.8 Å². The fourth-order valence-corrected chi connectivity index (χ4v) is 4.90. The number of phenols is 2. The van der Waals surface area contributed by atoms with Crippen molar-refractivity contribution in [1.82, 2.24) is 0 Å². The highest BCUT2D eigenvalue weighted by molar-refractivity contribution is 5.54. The Balaban J connectivity index is 1.80. The second-order valence-electron chi connectivity index (χ2n) is 9.19. The van der Waals surface area contributed by atoms with Crippen molar-refractivity contribution in [3.63, 3.8) is 0 Å². The molecule has 0 spiro atoms. The first kappa shape index (κ1) is 24.5. The highest BCUT2D eigenvalue weighted by Gasteiger charge is 2.19. The first-order valence-corrected chi connectivity index (χ1v) is 12.1. The molecule has 6 N–H and O–H groups in total. The highest BCUT2D eigenvalue weighted by atomic mass is 16.3. The number of aryl methyl sites for hydroxylation is 2. The number of rotatable bonds is 8. The molecular weight excluding hydrogens is 432 g/mol. The van der Waals surface area contributed by atoms with Crippen LogP contribution in [-0.4, -0.2) is 10.2 Å². The van der Waals surface area contributed by atoms with Crippen LogP contribution in [0.5, 0.6) is 11.5 Å². The molecule has 0 saturated heterocycles. The Kier molecular flexibility index (Phi) is 7.54. The summed E-state index contributed by atoms with van der Waals surface area (Å²) in [5, 5.41) is 22.0. The number of hydrogen-bond acceptors (Lipinski definition) is 4. The van der Waals surface area contributed by atoms with E-state index in [9.17, 15) is 10.2 Å². The van der Waals surface area contributed by atoms with Crippen LogP contribution in [-0.2, 0) is 32.4 Å². The largest absolute Gasteiger partial charge is 0.508 e. The van der Waals surface area contributed by atoms with Crippen molar-refractivity contribution < 1.29 is 10.2 Å². The number of aromatic hydroxyl groups is 2. The van der Waals surface area contributed by atoms with Crippen LogP contribution in [0.3, 0.4) is 0 Å². The van der Waals surface area contributed by atoms with Gasteiger partial charge in [-0.05, 0) is 83.3 Å². The van der Waals surface area contributed by atoms with E-state index in [-0.39, 0.29) is 11.5 Å². The van der Waals surface area contributed by atoms with Crippen molar-refractivity contribution in [3.05, 3.63) is 128 Å². The maximum absolute atomic E-state index is 11.0. The van der Waals surface area contributed by atoms with E-state index in [1.807, 2.05) is 48.5 Å². The average molecular weight is 467 g/mol. The van der Waals surface area contributed by atoms with Gasteiger partial charge in [-0.15, -0.1) is 0 Å². The Morgan fingerprint density at radius 2 is 0.857 bits per heavy atom. The Bertz CT molecular complexity index is 1240. The molecule has 0 atom stereocenters. The van der Waals surface area contributed by atoms with E-state index < -0.39 is 0 Å². The summed E-state index contributed by atoms with van der Waals surface area (Å²) in [6.45, 7) is 5.06. The second kappa shape index (κ2) is 10.8. The van der Waals surface area contributed by atoms with Crippen molar-refractivity contribution in [1.29, 1.82) is 0 Å². The number of phenolic OH excluding ortho intramolecular Hbond substituents is 2. The van der Waals surface area contributed by atoms with Gasteiger partial charge in [-0.25, -0.2) is 0 Å². The fraction of sp³-hybridized carbons (Fsp3) is 0.226. The molecule has 0 saturated carbocycles. The summed E-state index contributed by atoms with van der Waals surface area (Å²) in [6.07, 6.45) is 1.77. The van der Waals surface area contributed by atoms with Gasteiger partial charge in [-0.2, -0.15) is 0 Å². The molecule has 0 fully saturated rings. The standard InChI is InChI=1S/C31H34N2O2/c1-20-11-13-30(34)28(26(20)15-22-7-3-5-9-24(22)18-32)17-29-27(21(2)12-14-31(29)35)16-23-8-4-6-10-25(23)19-33/h3-14,34-35H,15-19,32-33H2,1-2H3. The van der Waals surface area contributed by atoms with Crippen molar-refractivity contribution in [2.24, 2.45) is 11.5 Å². The van der Waals surface area contributed by atoms with Gasteiger partial charge >= 0.3 is 0 Å². The minimum Gasteiger partial charge on any atom is -0.508 e. The van der Waals surface area contributed by atoms with Gasteiger partial charge in [0.15, 0.2) is 0 Å². The molecular formula is C31H34N2O2. The molecule has 0 amide bonds. The van der Waals surface area contributed by atoms with E-state index in [1.165, 1.54) is 0 Å². The summed E-state index contributed by atoms with van der Waals surface area (Å²) < 4.78 is 0. The quantitative estimate of drug-likeness (QED) is 0.280. The average Bonchev–Trinajstić information content (AvgIpc) is 2.87. The Morgan fingerprint density at radius 3 is 1.23 bits per heavy atom. The van der Waals surface area contributed by atoms with E-state index in [1.54, 1.807) is 12.1 Å². The topological polar surface area (TPSA) is 92.5 Å².